The Kier molecular flexibility index (Phi) is 8.31. The van der Waals surface area contributed by atoms with Crippen molar-refractivity contribution in [2.75, 3.05) is 0 Å². The SMILES string of the molecule is O=C(/C=C/c1cc(Br)cc(Br)c1Oc1c([N+](=O)[O-])cc(C(F)(F)F)cc1[N+](=O)[O-])c1ccc(Br)cc1. The second kappa shape index (κ2) is 10.9. The molecular weight excluding hydrogens is 685 g/mol. The van der Waals surface area contributed by atoms with Crippen LogP contribution in [0.5, 0.6) is 11.5 Å². The van der Waals surface area contributed by atoms with Crippen molar-refractivity contribution in [3.63, 3.8) is 0 Å². The molecular formula is C22H10Br3F3N2O6. The summed E-state index contributed by atoms with van der Waals surface area (Å²) in [5.41, 5.74) is -3.60. The van der Waals surface area contributed by atoms with E-state index in [9.17, 15) is 38.2 Å². The van der Waals surface area contributed by atoms with Gasteiger partial charge in [-0.15, -0.1) is 0 Å². The lowest BCUT2D eigenvalue weighted by Gasteiger charge is -2.14. The number of ketones is 1. The van der Waals surface area contributed by atoms with Gasteiger partial charge in [0.05, 0.1) is 19.9 Å². The third kappa shape index (κ3) is 6.36. The minimum Gasteiger partial charge on any atom is -0.442 e. The highest BCUT2D eigenvalue weighted by Crippen LogP contribution is 2.47. The molecule has 0 aliphatic rings. The number of nitrogens with zero attached hydrogens (tertiary/aromatic N) is 2. The monoisotopic (exact) mass is 692 g/mol. The molecule has 0 heterocycles. The molecule has 186 valence electrons. The molecule has 0 aliphatic heterocycles. The Morgan fingerprint density at radius 1 is 0.861 bits per heavy atom. The van der Waals surface area contributed by atoms with Crippen LogP contribution in [0.3, 0.4) is 0 Å². The normalized spacial score (nSPS) is 11.5. The van der Waals surface area contributed by atoms with Gasteiger partial charge in [-0.2, -0.15) is 13.2 Å². The second-order valence-electron chi connectivity index (χ2n) is 6.97. The summed E-state index contributed by atoms with van der Waals surface area (Å²) in [6.45, 7) is 0. The van der Waals surface area contributed by atoms with Gasteiger partial charge in [0, 0.05) is 32.2 Å². The molecule has 14 heteroatoms. The van der Waals surface area contributed by atoms with Gasteiger partial charge in [0.1, 0.15) is 5.75 Å². The Hall–Kier alpha value is -3.10. The molecule has 36 heavy (non-hydrogen) atoms. The van der Waals surface area contributed by atoms with Gasteiger partial charge in [-0.1, -0.05) is 31.9 Å². The van der Waals surface area contributed by atoms with E-state index in [0.717, 1.165) is 4.47 Å². The summed E-state index contributed by atoms with van der Waals surface area (Å²) in [6, 6.07) is 9.67. The topological polar surface area (TPSA) is 113 Å². The molecule has 0 N–H and O–H groups in total. The van der Waals surface area contributed by atoms with E-state index in [1.54, 1.807) is 24.3 Å². The number of carbonyl (C=O) groups is 1. The van der Waals surface area contributed by atoms with Crippen LogP contribution in [0, 0.1) is 20.2 Å². The average Bonchev–Trinajstić information content (AvgIpc) is 2.78. The molecule has 0 aliphatic carbocycles. The number of halogens is 6. The highest BCUT2D eigenvalue weighted by atomic mass is 79.9. The van der Waals surface area contributed by atoms with Crippen LogP contribution < -0.4 is 4.74 Å². The predicted molar refractivity (Wildman–Crippen MR) is 134 cm³/mol. The van der Waals surface area contributed by atoms with Crippen molar-refractivity contribution in [3.8, 4) is 11.5 Å². The van der Waals surface area contributed by atoms with Crippen molar-refractivity contribution in [2.24, 2.45) is 0 Å². The largest absolute Gasteiger partial charge is 0.442 e. The van der Waals surface area contributed by atoms with Gasteiger partial charge >= 0.3 is 17.6 Å². The number of nitro groups is 2. The number of ether oxygens (including phenoxy) is 1. The number of allylic oxidation sites excluding steroid dienone is 1. The van der Waals surface area contributed by atoms with Crippen molar-refractivity contribution >= 4 is 71.0 Å². The van der Waals surface area contributed by atoms with Crippen LogP contribution >= 0.6 is 47.8 Å². The Labute approximate surface area is 225 Å². The first-order valence-corrected chi connectivity index (χ1v) is 11.8. The van der Waals surface area contributed by atoms with Gasteiger partial charge in [0.15, 0.2) is 5.78 Å². The van der Waals surface area contributed by atoms with Crippen LogP contribution in [0.2, 0.25) is 0 Å². The highest BCUT2D eigenvalue weighted by Gasteiger charge is 2.39. The van der Waals surface area contributed by atoms with Gasteiger partial charge in [-0.05, 0) is 64.5 Å². The van der Waals surface area contributed by atoms with Crippen LogP contribution in [0.15, 0.2) is 68.0 Å². The van der Waals surface area contributed by atoms with Gasteiger partial charge in [0.25, 0.3) is 5.75 Å². The van der Waals surface area contributed by atoms with Gasteiger partial charge in [-0.25, -0.2) is 0 Å². The highest BCUT2D eigenvalue weighted by molar-refractivity contribution is 9.11. The van der Waals surface area contributed by atoms with Crippen molar-refractivity contribution in [3.05, 3.63) is 105 Å². The molecule has 3 aromatic rings. The maximum atomic E-state index is 13.2. The van der Waals surface area contributed by atoms with E-state index in [1.807, 2.05) is 0 Å². The van der Waals surface area contributed by atoms with E-state index in [0.29, 0.717) is 10.0 Å². The molecule has 0 unspecified atom stereocenters. The summed E-state index contributed by atoms with van der Waals surface area (Å²) >= 11 is 9.69. The molecule has 0 saturated heterocycles. The Balaban J connectivity index is 2.14. The first-order chi connectivity index (χ1) is 16.8. The quantitative estimate of drug-likeness (QED) is 0.106. The van der Waals surface area contributed by atoms with Crippen LogP contribution in [0.4, 0.5) is 24.5 Å². The van der Waals surface area contributed by atoms with E-state index in [-0.39, 0.29) is 27.9 Å². The second-order valence-corrected chi connectivity index (χ2v) is 9.65. The molecule has 0 atom stereocenters. The fourth-order valence-corrected chi connectivity index (χ4v) is 4.53. The zero-order valence-corrected chi connectivity index (χ0v) is 22.1. The molecule has 0 saturated carbocycles. The smallest absolute Gasteiger partial charge is 0.416 e. The third-order valence-electron chi connectivity index (χ3n) is 4.55. The van der Waals surface area contributed by atoms with E-state index < -0.39 is 44.5 Å². The molecule has 0 spiro atoms. The zero-order valence-electron chi connectivity index (χ0n) is 17.4. The standard InChI is InChI=1S/C22H10Br3F3N2O6/c23-14-4-1-11(2-5-14)19(31)6-3-12-7-15(24)10-16(25)20(12)36-21-17(29(32)33)8-13(22(26,27)28)9-18(21)30(34)35/h1-10H/b6-3+. The molecule has 3 rings (SSSR count). The van der Waals surface area contributed by atoms with Gasteiger partial charge in [0.2, 0.25) is 0 Å². The predicted octanol–water partition coefficient (Wildman–Crippen LogP) is 8.50. The minimum atomic E-state index is -5.08. The summed E-state index contributed by atoms with van der Waals surface area (Å²) in [5, 5.41) is 23.1. The van der Waals surface area contributed by atoms with Gasteiger partial charge < -0.3 is 4.74 Å². The lowest BCUT2D eigenvalue weighted by molar-refractivity contribution is -0.396. The first-order valence-electron chi connectivity index (χ1n) is 9.47. The van der Waals surface area contributed by atoms with Crippen molar-refractivity contribution < 1.29 is 32.5 Å². The van der Waals surface area contributed by atoms with Crippen LogP contribution in [-0.4, -0.2) is 15.6 Å². The van der Waals surface area contributed by atoms with Crippen LogP contribution in [0.1, 0.15) is 21.5 Å². The third-order valence-corrected chi connectivity index (χ3v) is 6.13. The minimum absolute atomic E-state index is 0.144. The molecule has 0 radical (unpaired) electrons. The number of carbonyl (C=O) groups excluding carboxylic acids is 1. The summed E-state index contributed by atoms with van der Waals surface area (Å²) in [7, 11) is 0. The summed E-state index contributed by atoms with van der Waals surface area (Å²) < 4.78 is 46.5. The maximum absolute atomic E-state index is 13.2. The number of hydrogen-bond acceptors (Lipinski definition) is 6. The molecule has 3 aromatic carbocycles. The number of benzene rings is 3. The van der Waals surface area contributed by atoms with E-state index >= 15 is 0 Å². The Morgan fingerprint density at radius 2 is 1.42 bits per heavy atom. The molecule has 0 fully saturated rings. The van der Waals surface area contributed by atoms with Gasteiger partial charge in [-0.3, -0.25) is 25.0 Å². The summed E-state index contributed by atoms with van der Waals surface area (Å²) in [6.07, 6.45) is -2.59. The molecule has 8 nitrogen and oxygen atoms in total. The maximum Gasteiger partial charge on any atom is 0.416 e. The number of rotatable bonds is 7. The van der Waals surface area contributed by atoms with Crippen LogP contribution in [0.25, 0.3) is 6.08 Å². The number of hydrogen-bond donors (Lipinski definition) is 0. The Bertz CT molecular complexity index is 1370. The molecule has 0 amide bonds. The number of alkyl halides is 3. The van der Waals surface area contributed by atoms with Crippen molar-refractivity contribution in [2.45, 2.75) is 6.18 Å². The van der Waals surface area contributed by atoms with E-state index in [4.69, 9.17) is 4.74 Å². The van der Waals surface area contributed by atoms with E-state index in [2.05, 4.69) is 47.8 Å². The lowest BCUT2D eigenvalue weighted by Crippen LogP contribution is -2.08. The summed E-state index contributed by atoms with van der Waals surface area (Å²) in [5.74, 6) is -1.62. The van der Waals surface area contributed by atoms with E-state index in [1.165, 1.54) is 24.3 Å². The molecule has 0 bridgehead atoms. The number of nitro benzene ring substituents is 2. The van der Waals surface area contributed by atoms with Crippen LogP contribution in [-0.2, 0) is 6.18 Å². The average molecular weight is 695 g/mol. The first kappa shape index (κ1) is 27.5. The van der Waals surface area contributed by atoms with Crippen molar-refractivity contribution in [1.82, 2.24) is 0 Å². The Morgan fingerprint density at radius 3 is 1.92 bits per heavy atom. The fraction of sp³-hybridized carbons (Fsp3) is 0.0455. The summed E-state index contributed by atoms with van der Waals surface area (Å²) in [4.78, 5) is 33.2. The fourth-order valence-electron chi connectivity index (χ4n) is 2.93. The molecule has 0 aromatic heterocycles. The zero-order chi connectivity index (χ0) is 26.8. The van der Waals surface area contributed by atoms with Crippen molar-refractivity contribution in [1.29, 1.82) is 0 Å². The lowest BCUT2D eigenvalue weighted by atomic mass is 10.1.